The zero-order valence-corrected chi connectivity index (χ0v) is 18.2. The van der Waals surface area contributed by atoms with Crippen molar-refractivity contribution in [1.82, 2.24) is 0 Å². The molecule has 0 spiro atoms. The van der Waals surface area contributed by atoms with Gasteiger partial charge in [-0.2, -0.15) is 0 Å². The van der Waals surface area contributed by atoms with Gasteiger partial charge in [-0.1, -0.05) is 100 Å². The standard InChI is InChI=1S/C27H32O3/c1-19(2)23-16-14-20(3)18-25(23)30-27(29)24(17-15-21-10-6-4-7-11-21)26(28)22-12-8-5-9-13-22/h4-13,15,17,19-20,23-25H,14,16,18H2,1-3H3/b17-15+. The number of hydrogen-bond acceptors (Lipinski definition) is 3. The van der Waals surface area contributed by atoms with E-state index in [1.807, 2.05) is 54.6 Å². The van der Waals surface area contributed by atoms with Crippen LogP contribution in [0.1, 0.15) is 56.0 Å². The number of carbonyl (C=O) groups is 2. The number of carbonyl (C=O) groups excluding carboxylic acids is 2. The molecule has 158 valence electrons. The maximum Gasteiger partial charge on any atom is 0.321 e. The molecule has 0 N–H and O–H groups in total. The molecule has 1 aliphatic carbocycles. The van der Waals surface area contributed by atoms with Crippen LogP contribution in [0.3, 0.4) is 0 Å². The van der Waals surface area contributed by atoms with Gasteiger partial charge in [0.25, 0.3) is 0 Å². The van der Waals surface area contributed by atoms with Gasteiger partial charge in [0.15, 0.2) is 5.78 Å². The summed E-state index contributed by atoms with van der Waals surface area (Å²) in [7, 11) is 0. The third-order valence-electron chi connectivity index (χ3n) is 6.10. The summed E-state index contributed by atoms with van der Waals surface area (Å²) in [6.45, 7) is 6.58. The Hall–Kier alpha value is -2.68. The molecular formula is C27H32O3. The van der Waals surface area contributed by atoms with Crippen molar-refractivity contribution in [3.8, 4) is 0 Å². The van der Waals surface area contributed by atoms with Crippen molar-refractivity contribution in [2.75, 3.05) is 0 Å². The predicted molar refractivity (Wildman–Crippen MR) is 121 cm³/mol. The minimum atomic E-state index is -0.947. The van der Waals surface area contributed by atoms with Gasteiger partial charge in [-0.05, 0) is 36.2 Å². The fourth-order valence-electron chi connectivity index (χ4n) is 4.30. The van der Waals surface area contributed by atoms with Gasteiger partial charge in [-0.25, -0.2) is 0 Å². The number of hydrogen-bond donors (Lipinski definition) is 0. The van der Waals surface area contributed by atoms with Gasteiger partial charge in [0.2, 0.25) is 0 Å². The van der Waals surface area contributed by atoms with Crippen molar-refractivity contribution < 1.29 is 14.3 Å². The van der Waals surface area contributed by atoms with E-state index in [1.54, 1.807) is 18.2 Å². The molecule has 0 radical (unpaired) electrons. The molecule has 0 amide bonds. The Morgan fingerprint density at radius 3 is 2.23 bits per heavy atom. The van der Waals surface area contributed by atoms with E-state index in [0.717, 1.165) is 24.8 Å². The van der Waals surface area contributed by atoms with Crippen molar-refractivity contribution in [2.24, 2.45) is 23.7 Å². The first-order chi connectivity index (χ1) is 14.5. The average Bonchev–Trinajstić information content (AvgIpc) is 2.75. The minimum Gasteiger partial charge on any atom is -0.461 e. The van der Waals surface area contributed by atoms with E-state index in [2.05, 4.69) is 20.8 Å². The van der Waals surface area contributed by atoms with Crippen LogP contribution in [0.5, 0.6) is 0 Å². The van der Waals surface area contributed by atoms with Crippen LogP contribution in [0.2, 0.25) is 0 Å². The van der Waals surface area contributed by atoms with E-state index >= 15 is 0 Å². The third kappa shape index (κ3) is 5.69. The summed E-state index contributed by atoms with van der Waals surface area (Å²) in [5.41, 5.74) is 1.47. The number of benzene rings is 2. The van der Waals surface area contributed by atoms with E-state index in [9.17, 15) is 9.59 Å². The molecule has 0 aromatic heterocycles. The van der Waals surface area contributed by atoms with Crippen LogP contribution < -0.4 is 0 Å². The van der Waals surface area contributed by atoms with Crippen molar-refractivity contribution in [2.45, 2.75) is 46.1 Å². The van der Waals surface area contributed by atoms with E-state index in [1.165, 1.54) is 0 Å². The SMILES string of the molecule is CC1CCC(C(C)C)C(OC(=O)C(/C=C/c2ccccc2)C(=O)c2ccccc2)C1. The number of esters is 1. The lowest BCUT2D eigenvalue weighted by atomic mass is 9.75. The topological polar surface area (TPSA) is 43.4 Å². The Bertz CT molecular complexity index is 854. The Labute approximate surface area is 180 Å². The lowest BCUT2D eigenvalue weighted by Gasteiger charge is -2.37. The van der Waals surface area contributed by atoms with Gasteiger partial charge >= 0.3 is 5.97 Å². The number of rotatable bonds is 7. The molecule has 1 fully saturated rings. The molecule has 0 aliphatic heterocycles. The van der Waals surface area contributed by atoms with Crippen LogP contribution in [-0.4, -0.2) is 17.9 Å². The number of ketones is 1. The van der Waals surface area contributed by atoms with Crippen molar-refractivity contribution in [1.29, 1.82) is 0 Å². The van der Waals surface area contributed by atoms with Gasteiger partial charge in [0.05, 0.1) is 0 Å². The highest BCUT2D eigenvalue weighted by molar-refractivity contribution is 6.10. The van der Waals surface area contributed by atoms with Gasteiger partial charge in [-0.3, -0.25) is 9.59 Å². The summed E-state index contributed by atoms with van der Waals surface area (Å²) < 4.78 is 6.02. The minimum absolute atomic E-state index is 0.127. The Morgan fingerprint density at radius 1 is 0.967 bits per heavy atom. The second-order valence-corrected chi connectivity index (χ2v) is 8.78. The molecule has 2 aromatic carbocycles. The monoisotopic (exact) mass is 404 g/mol. The van der Waals surface area contributed by atoms with Crippen LogP contribution in [-0.2, 0) is 9.53 Å². The first-order valence-electron chi connectivity index (χ1n) is 11.0. The van der Waals surface area contributed by atoms with Gasteiger partial charge in [-0.15, -0.1) is 0 Å². The molecule has 3 nitrogen and oxygen atoms in total. The number of ether oxygens (including phenoxy) is 1. The summed E-state index contributed by atoms with van der Waals surface area (Å²) >= 11 is 0. The van der Waals surface area contributed by atoms with Crippen LogP contribution in [0, 0.1) is 23.7 Å². The molecule has 30 heavy (non-hydrogen) atoms. The van der Waals surface area contributed by atoms with E-state index < -0.39 is 11.9 Å². The second kappa shape index (κ2) is 10.4. The molecule has 0 heterocycles. The highest BCUT2D eigenvalue weighted by atomic mass is 16.5. The smallest absolute Gasteiger partial charge is 0.321 e. The Balaban J connectivity index is 1.84. The summed E-state index contributed by atoms with van der Waals surface area (Å²) in [5.74, 6) is -0.300. The van der Waals surface area contributed by atoms with Crippen LogP contribution in [0.25, 0.3) is 6.08 Å². The van der Waals surface area contributed by atoms with E-state index in [-0.39, 0.29) is 11.9 Å². The van der Waals surface area contributed by atoms with Crippen molar-refractivity contribution in [3.05, 3.63) is 77.9 Å². The van der Waals surface area contributed by atoms with Gasteiger partial charge < -0.3 is 4.74 Å². The number of Topliss-reactive ketones (excluding diaryl/α,β-unsaturated/α-hetero) is 1. The first-order valence-corrected chi connectivity index (χ1v) is 11.0. The van der Waals surface area contributed by atoms with E-state index in [0.29, 0.717) is 23.3 Å². The van der Waals surface area contributed by atoms with Crippen LogP contribution in [0.15, 0.2) is 66.7 Å². The quantitative estimate of drug-likeness (QED) is 0.313. The third-order valence-corrected chi connectivity index (χ3v) is 6.10. The van der Waals surface area contributed by atoms with Crippen LogP contribution >= 0.6 is 0 Å². The normalized spacial score (nSPS) is 22.7. The fourth-order valence-corrected chi connectivity index (χ4v) is 4.30. The lowest BCUT2D eigenvalue weighted by molar-refractivity contribution is -0.157. The zero-order chi connectivity index (χ0) is 21.5. The summed E-state index contributed by atoms with van der Waals surface area (Å²) in [6.07, 6.45) is 6.48. The predicted octanol–water partition coefficient (Wildman–Crippen LogP) is 6.20. The summed E-state index contributed by atoms with van der Waals surface area (Å²) in [5, 5.41) is 0. The second-order valence-electron chi connectivity index (χ2n) is 8.78. The lowest BCUT2D eigenvalue weighted by Crippen LogP contribution is -2.38. The molecule has 3 rings (SSSR count). The first kappa shape index (κ1) is 22.0. The maximum absolute atomic E-state index is 13.2. The molecule has 4 unspecified atom stereocenters. The van der Waals surface area contributed by atoms with Crippen molar-refractivity contribution >= 4 is 17.8 Å². The molecule has 2 aromatic rings. The summed E-state index contributed by atoms with van der Waals surface area (Å²) in [6, 6.07) is 18.7. The molecule has 1 saturated carbocycles. The molecule has 4 atom stereocenters. The molecule has 0 bridgehead atoms. The highest BCUT2D eigenvalue weighted by Gasteiger charge is 2.36. The fraction of sp³-hybridized carbons (Fsp3) is 0.407. The zero-order valence-electron chi connectivity index (χ0n) is 18.2. The Morgan fingerprint density at radius 2 is 1.60 bits per heavy atom. The maximum atomic E-state index is 13.2. The van der Waals surface area contributed by atoms with E-state index in [4.69, 9.17) is 4.74 Å². The highest BCUT2D eigenvalue weighted by Crippen LogP contribution is 2.36. The molecule has 3 heteroatoms. The van der Waals surface area contributed by atoms with Gasteiger partial charge in [0.1, 0.15) is 12.0 Å². The molecular weight excluding hydrogens is 372 g/mol. The summed E-state index contributed by atoms with van der Waals surface area (Å²) in [4.78, 5) is 26.4. The molecule has 0 saturated heterocycles. The van der Waals surface area contributed by atoms with Crippen molar-refractivity contribution in [3.63, 3.8) is 0 Å². The van der Waals surface area contributed by atoms with Gasteiger partial charge in [0, 0.05) is 5.56 Å². The van der Waals surface area contributed by atoms with Crippen LogP contribution in [0.4, 0.5) is 0 Å². The average molecular weight is 405 g/mol. The Kier molecular flexibility index (Phi) is 7.62. The largest absolute Gasteiger partial charge is 0.461 e. The molecule has 1 aliphatic rings.